The van der Waals surface area contributed by atoms with E-state index in [9.17, 15) is 4.79 Å². The van der Waals surface area contributed by atoms with Crippen molar-refractivity contribution in [1.29, 1.82) is 0 Å². The molecule has 0 amide bonds. The number of ether oxygens (including phenoxy) is 2. The Hall–Kier alpha value is -1.16. The lowest BCUT2D eigenvalue weighted by molar-refractivity contribution is -0.121. The van der Waals surface area contributed by atoms with Gasteiger partial charge in [-0.2, -0.15) is 11.8 Å². The summed E-state index contributed by atoms with van der Waals surface area (Å²) in [6.45, 7) is 0.284. The van der Waals surface area contributed by atoms with E-state index in [-0.39, 0.29) is 12.7 Å². The predicted octanol–water partition coefficient (Wildman–Crippen LogP) is 2.28. The lowest BCUT2D eigenvalue weighted by atomic mass is 9.97. The molecule has 2 heterocycles. The quantitative estimate of drug-likeness (QED) is 0.824. The molecule has 1 aromatic carbocycles. The zero-order valence-corrected chi connectivity index (χ0v) is 10.3. The van der Waals surface area contributed by atoms with Gasteiger partial charge < -0.3 is 9.47 Å². The zero-order chi connectivity index (χ0) is 11.7. The van der Waals surface area contributed by atoms with Gasteiger partial charge in [0.2, 0.25) is 6.79 Å². The minimum atomic E-state index is 0.255. The van der Waals surface area contributed by atoms with Crippen molar-refractivity contribution in [3.63, 3.8) is 0 Å². The molecule has 0 saturated carbocycles. The maximum Gasteiger partial charge on any atom is 0.231 e. The van der Waals surface area contributed by atoms with Crippen molar-refractivity contribution in [2.45, 2.75) is 12.8 Å². The molecule has 1 unspecified atom stereocenters. The molecular weight excluding hydrogens is 236 g/mol. The Bertz CT molecular complexity index is 438. The molecule has 0 aromatic heterocycles. The molecule has 2 aliphatic heterocycles. The van der Waals surface area contributed by atoms with Crippen molar-refractivity contribution in [3.8, 4) is 11.5 Å². The molecule has 1 fully saturated rings. The van der Waals surface area contributed by atoms with E-state index in [1.165, 1.54) is 0 Å². The molecule has 2 aliphatic rings. The first-order valence-electron chi connectivity index (χ1n) is 5.82. The van der Waals surface area contributed by atoms with Gasteiger partial charge in [0, 0.05) is 18.1 Å². The molecule has 3 rings (SSSR count). The Labute approximate surface area is 104 Å². The van der Waals surface area contributed by atoms with E-state index in [1.807, 2.05) is 30.0 Å². The minimum absolute atomic E-state index is 0.255. The van der Waals surface area contributed by atoms with E-state index in [0.717, 1.165) is 35.0 Å². The smallest absolute Gasteiger partial charge is 0.231 e. The molecule has 1 saturated heterocycles. The fraction of sp³-hybridized carbons (Fsp3) is 0.462. The number of rotatable bonds is 3. The van der Waals surface area contributed by atoms with Crippen molar-refractivity contribution in [1.82, 2.24) is 0 Å². The van der Waals surface area contributed by atoms with E-state index in [1.54, 1.807) is 0 Å². The van der Waals surface area contributed by atoms with Gasteiger partial charge in [-0.3, -0.25) is 4.79 Å². The van der Waals surface area contributed by atoms with Crippen LogP contribution in [0.25, 0.3) is 0 Å². The van der Waals surface area contributed by atoms with Crippen LogP contribution in [0.4, 0.5) is 0 Å². The number of Topliss-reactive ketones (excluding diaryl/α,β-unsaturated/α-hetero) is 1. The SMILES string of the molecule is O=C(Cc1ccc2c(c1)OCO2)C1CCSC1. The number of thioether (sulfide) groups is 1. The van der Waals surface area contributed by atoms with E-state index in [4.69, 9.17) is 9.47 Å². The summed E-state index contributed by atoms with van der Waals surface area (Å²) in [6, 6.07) is 5.75. The van der Waals surface area contributed by atoms with Crippen molar-refractivity contribution in [2.24, 2.45) is 5.92 Å². The number of fused-ring (bicyclic) bond motifs is 1. The maximum absolute atomic E-state index is 12.0. The van der Waals surface area contributed by atoms with Crippen LogP contribution in [0.2, 0.25) is 0 Å². The molecule has 1 aromatic rings. The summed E-state index contributed by atoms with van der Waals surface area (Å²) in [6.07, 6.45) is 1.55. The monoisotopic (exact) mass is 250 g/mol. The van der Waals surface area contributed by atoms with Gasteiger partial charge in [-0.15, -0.1) is 0 Å². The summed E-state index contributed by atoms with van der Waals surface area (Å²) in [5.74, 6) is 4.26. The Morgan fingerprint density at radius 3 is 3.06 bits per heavy atom. The second-order valence-corrected chi connectivity index (χ2v) is 5.54. The molecule has 0 spiro atoms. The molecule has 3 nitrogen and oxygen atoms in total. The standard InChI is InChI=1S/C13H14O3S/c14-11(10-3-4-17-7-10)5-9-1-2-12-13(6-9)16-8-15-12/h1-2,6,10H,3-5,7-8H2. The van der Waals surface area contributed by atoms with Crippen LogP contribution >= 0.6 is 11.8 Å². The molecular formula is C13H14O3S. The van der Waals surface area contributed by atoms with E-state index in [0.29, 0.717) is 12.2 Å². The van der Waals surface area contributed by atoms with E-state index >= 15 is 0 Å². The average Bonchev–Trinajstić information content (AvgIpc) is 2.99. The van der Waals surface area contributed by atoms with Gasteiger partial charge in [0.05, 0.1) is 0 Å². The summed E-state index contributed by atoms with van der Waals surface area (Å²) in [7, 11) is 0. The van der Waals surface area contributed by atoms with Crippen LogP contribution in [0.3, 0.4) is 0 Å². The summed E-state index contributed by atoms with van der Waals surface area (Å²) in [4.78, 5) is 12.0. The highest BCUT2D eigenvalue weighted by Gasteiger charge is 2.23. The molecule has 1 atom stereocenters. The van der Waals surface area contributed by atoms with Gasteiger partial charge in [0.15, 0.2) is 11.5 Å². The largest absolute Gasteiger partial charge is 0.454 e. The van der Waals surface area contributed by atoms with Gasteiger partial charge in [-0.05, 0) is 29.9 Å². The highest BCUT2D eigenvalue weighted by atomic mass is 32.2. The normalized spacial score (nSPS) is 21.8. The van der Waals surface area contributed by atoms with Crippen LogP contribution in [0.1, 0.15) is 12.0 Å². The van der Waals surface area contributed by atoms with Gasteiger partial charge in [-0.1, -0.05) is 6.07 Å². The third kappa shape index (κ3) is 2.27. The number of carbonyl (C=O) groups excluding carboxylic acids is 1. The third-order valence-corrected chi connectivity index (χ3v) is 4.36. The van der Waals surface area contributed by atoms with Crippen molar-refractivity contribution in [2.75, 3.05) is 18.3 Å². The minimum Gasteiger partial charge on any atom is -0.454 e. The summed E-state index contributed by atoms with van der Waals surface area (Å²) >= 11 is 1.88. The highest BCUT2D eigenvalue weighted by Crippen LogP contribution is 2.33. The van der Waals surface area contributed by atoms with Crippen LogP contribution in [0.5, 0.6) is 11.5 Å². The molecule has 0 bridgehead atoms. The third-order valence-electron chi connectivity index (χ3n) is 3.20. The predicted molar refractivity (Wildman–Crippen MR) is 66.7 cm³/mol. The first-order chi connectivity index (χ1) is 8.33. The van der Waals surface area contributed by atoms with Crippen LogP contribution < -0.4 is 9.47 Å². The molecule has 4 heteroatoms. The maximum atomic E-state index is 12.0. The fourth-order valence-electron chi connectivity index (χ4n) is 2.18. The Morgan fingerprint density at radius 2 is 2.24 bits per heavy atom. The molecule has 0 N–H and O–H groups in total. The topological polar surface area (TPSA) is 35.5 Å². The van der Waals surface area contributed by atoms with Crippen molar-refractivity contribution < 1.29 is 14.3 Å². The van der Waals surface area contributed by atoms with Crippen LogP contribution in [0, 0.1) is 5.92 Å². The lowest BCUT2D eigenvalue weighted by Gasteiger charge is -2.07. The van der Waals surface area contributed by atoms with Gasteiger partial charge >= 0.3 is 0 Å². The summed E-state index contributed by atoms with van der Waals surface area (Å²) in [5, 5.41) is 0. The van der Waals surface area contributed by atoms with Crippen molar-refractivity contribution in [3.05, 3.63) is 23.8 Å². The van der Waals surface area contributed by atoms with Crippen LogP contribution in [-0.2, 0) is 11.2 Å². The Balaban J connectivity index is 1.70. The first kappa shape index (κ1) is 11.0. The average molecular weight is 250 g/mol. The second kappa shape index (κ2) is 4.61. The summed E-state index contributed by atoms with van der Waals surface area (Å²) in [5.41, 5.74) is 1.02. The first-order valence-corrected chi connectivity index (χ1v) is 6.97. The molecule has 0 aliphatic carbocycles. The molecule has 17 heavy (non-hydrogen) atoms. The number of carbonyl (C=O) groups is 1. The van der Waals surface area contributed by atoms with Gasteiger partial charge in [0.25, 0.3) is 0 Å². The van der Waals surface area contributed by atoms with Gasteiger partial charge in [0.1, 0.15) is 5.78 Å². The highest BCUT2D eigenvalue weighted by molar-refractivity contribution is 7.99. The van der Waals surface area contributed by atoms with Crippen LogP contribution in [0.15, 0.2) is 18.2 Å². The molecule has 0 radical (unpaired) electrons. The van der Waals surface area contributed by atoms with Crippen molar-refractivity contribution >= 4 is 17.5 Å². The zero-order valence-electron chi connectivity index (χ0n) is 9.48. The number of benzene rings is 1. The number of ketones is 1. The second-order valence-electron chi connectivity index (χ2n) is 4.39. The fourth-order valence-corrected chi connectivity index (χ4v) is 3.44. The van der Waals surface area contributed by atoms with E-state index < -0.39 is 0 Å². The molecule has 90 valence electrons. The summed E-state index contributed by atoms with van der Waals surface area (Å²) < 4.78 is 10.6. The Morgan fingerprint density at radius 1 is 1.35 bits per heavy atom. The van der Waals surface area contributed by atoms with Gasteiger partial charge in [-0.25, -0.2) is 0 Å². The van der Waals surface area contributed by atoms with E-state index in [2.05, 4.69) is 0 Å². The number of hydrogen-bond acceptors (Lipinski definition) is 4. The Kier molecular flexibility index (Phi) is 2.97. The lowest BCUT2D eigenvalue weighted by Crippen LogP contribution is -2.15. The van der Waals surface area contributed by atoms with Crippen LogP contribution in [-0.4, -0.2) is 24.1 Å². The number of hydrogen-bond donors (Lipinski definition) is 0.